The Morgan fingerprint density at radius 2 is 2.00 bits per heavy atom. The highest BCUT2D eigenvalue weighted by Gasteiger charge is 2.64. The molecule has 0 aromatic rings. The average molecular weight is 196 g/mol. The van der Waals surface area contributed by atoms with Crippen molar-refractivity contribution >= 4 is 5.91 Å². The molecule has 6 heteroatoms. The maximum atomic E-state index is 12.3. The number of carbonyl (C=O) groups is 1. The molecule has 3 N–H and O–H groups in total. The molecule has 0 saturated heterocycles. The standard InChI is InChI=1S/C7H11F3N2O/c1-4(11)5(13)12-6(2-3-6)7(8,9)10/h4H,2-3,11H2,1H3,(H,12,13)/t4-/m0/s1. The molecule has 13 heavy (non-hydrogen) atoms. The summed E-state index contributed by atoms with van der Waals surface area (Å²) in [6.45, 7) is 1.35. The van der Waals surface area contributed by atoms with Crippen LogP contribution in [-0.4, -0.2) is 23.7 Å². The molecular weight excluding hydrogens is 185 g/mol. The van der Waals surface area contributed by atoms with E-state index in [9.17, 15) is 18.0 Å². The Bertz CT molecular complexity index is 220. The number of nitrogens with one attached hydrogen (secondary N) is 1. The second-order valence-corrected chi connectivity index (χ2v) is 3.36. The Morgan fingerprint density at radius 1 is 1.54 bits per heavy atom. The number of amides is 1. The van der Waals surface area contributed by atoms with Crippen LogP contribution in [0.1, 0.15) is 19.8 Å². The Kier molecular flexibility index (Phi) is 2.27. The van der Waals surface area contributed by atoms with E-state index in [0.29, 0.717) is 0 Å². The third-order valence-corrected chi connectivity index (χ3v) is 2.07. The Hall–Kier alpha value is -0.780. The van der Waals surface area contributed by atoms with Crippen molar-refractivity contribution in [1.29, 1.82) is 0 Å². The van der Waals surface area contributed by atoms with Crippen molar-refractivity contribution in [2.45, 2.75) is 37.5 Å². The Morgan fingerprint density at radius 3 is 2.23 bits per heavy atom. The van der Waals surface area contributed by atoms with Gasteiger partial charge in [-0.2, -0.15) is 13.2 Å². The van der Waals surface area contributed by atoms with Crippen LogP contribution in [0.4, 0.5) is 13.2 Å². The summed E-state index contributed by atoms with van der Waals surface area (Å²) < 4.78 is 36.8. The lowest BCUT2D eigenvalue weighted by Crippen LogP contribution is -2.52. The smallest absolute Gasteiger partial charge is 0.341 e. The van der Waals surface area contributed by atoms with Gasteiger partial charge in [0.05, 0.1) is 6.04 Å². The summed E-state index contributed by atoms with van der Waals surface area (Å²) in [6.07, 6.45) is -4.46. The number of hydrogen-bond acceptors (Lipinski definition) is 2. The maximum Gasteiger partial charge on any atom is 0.411 e. The van der Waals surface area contributed by atoms with E-state index in [2.05, 4.69) is 0 Å². The lowest BCUT2D eigenvalue weighted by atomic mass is 10.2. The average Bonchev–Trinajstić information content (AvgIpc) is 2.66. The highest BCUT2D eigenvalue weighted by atomic mass is 19.4. The molecule has 3 nitrogen and oxygen atoms in total. The maximum absolute atomic E-state index is 12.3. The van der Waals surface area contributed by atoms with Crippen LogP contribution in [0.15, 0.2) is 0 Å². The van der Waals surface area contributed by atoms with Crippen LogP contribution in [0, 0.1) is 0 Å². The predicted molar refractivity (Wildman–Crippen MR) is 39.8 cm³/mol. The van der Waals surface area contributed by atoms with Crippen LogP contribution in [0.2, 0.25) is 0 Å². The van der Waals surface area contributed by atoms with Crippen LogP contribution >= 0.6 is 0 Å². The van der Waals surface area contributed by atoms with E-state index in [-0.39, 0.29) is 12.8 Å². The molecule has 0 aromatic carbocycles. The summed E-state index contributed by atoms with van der Waals surface area (Å²) in [5, 5.41) is 1.92. The van der Waals surface area contributed by atoms with Gasteiger partial charge in [-0.15, -0.1) is 0 Å². The first-order valence-electron chi connectivity index (χ1n) is 3.93. The molecule has 0 unspecified atom stereocenters. The molecule has 0 spiro atoms. The van der Waals surface area contributed by atoms with Crippen LogP contribution in [0.25, 0.3) is 0 Å². The quantitative estimate of drug-likeness (QED) is 0.677. The zero-order chi connectivity index (χ0) is 10.3. The van der Waals surface area contributed by atoms with Crippen molar-refractivity contribution in [1.82, 2.24) is 5.32 Å². The van der Waals surface area contributed by atoms with Gasteiger partial charge in [-0.05, 0) is 19.8 Å². The number of hydrogen-bond donors (Lipinski definition) is 2. The molecule has 1 amide bonds. The fourth-order valence-electron chi connectivity index (χ4n) is 0.954. The summed E-state index contributed by atoms with van der Waals surface area (Å²) in [4.78, 5) is 10.9. The van der Waals surface area contributed by atoms with Crippen LogP contribution in [0.3, 0.4) is 0 Å². The molecule has 1 aliphatic rings. The molecule has 1 saturated carbocycles. The van der Waals surface area contributed by atoms with E-state index in [1.165, 1.54) is 6.92 Å². The van der Waals surface area contributed by atoms with Gasteiger partial charge in [-0.25, -0.2) is 0 Å². The molecule has 0 aliphatic heterocycles. The largest absolute Gasteiger partial charge is 0.411 e. The lowest BCUT2D eigenvalue weighted by Gasteiger charge is -2.21. The van der Waals surface area contributed by atoms with Crippen LogP contribution < -0.4 is 11.1 Å². The van der Waals surface area contributed by atoms with E-state index in [4.69, 9.17) is 5.73 Å². The van der Waals surface area contributed by atoms with Gasteiger partial charge in [0.1, 0.15) is 5.54 Å². The summed E-state index contributed by atoms with van der Waals surface area (Å²) in [7, 11) is 0. The minimum absolute atomic E-state index is 0.0467. The van der Waals surface area contributed by atoms with Gasteiger partial charge in [0, 0.05) is 0 Å². The van der Waals surface area contributed by atoms with Crippen molar-refractivity contribution in [2.75, 3.05) is 0 Å². The fourth-order valence-corrected chi connectivity index (χ4v) is 0.954. The van der Waals surface area contributed by atoms with Crippen LogP contribution in [0.5, 0.6) is 0 Å². The summed E-state index contributed by atoms with van der Waals surface area (Å²) >= 11 is 0. The first-order valence-corrected chi connectivity index (χ1v) is 3.93. The Balaban J connectivity index is 2.59. The normalized spacial score (nSPS) is 22.2. The van der Waals surface area contributed by atoms with Crippen LogP contribution in [-0.2, 0) is 4.79 Å². The monoisotopic (exact) mass is 196 g/mol. The highest BCUT2D eigenvalue weighted by molar-refractivity contribution is 5.82. The summed E-state index contributed by atoms with van der Waals surface area (Å²) in [5.41, 5.74) is 3.15. The van der Waals surface area contributed by atoms with E-state index in [1.807, 2.05) is 5.32 Å². The van der Waals surface area contributed by atoms with Crippen molar-refractivity contribution in [3.05, 3.63) is 0 Å². The zero-order valence-corrected chi connectivity index (χ0v) is 7.11. The highest BCUT2D eigenvalue weighted by Crippen LogP contribution is 2.48. The molecule has 0 bridgehead atoms. The van der Waals surface area contributed by atoms with Gasteiger partial charge >= 0.3 is 6.18 Å². The minimum atomic E-state index is -4.36. The van der Waals surface area contributed by atoms with Gasteiger partial charge in [0.25, 0.3) is 0 Å². The molecule has 1 fully saturated rings. The van der Waals surface area contributed by atoms with E-state index < -0.39 is 23.7 Å². The van der Waals surface area contributed by atoms with Crippen molar-refractivity contribution < 1.29 is 18.0 Å². The van der Waals surface area contributed by atoms with Gasteiger partial charge in [0.15, 0.2) is 0 Å². The van der Waals surface area contributed by atoms with E-state index in [0.717, 1.165) is 0 Å². The first kappa shape index (κ1) is 10.3. The molecule has 1 atom stereocenters. The molecule has 76 valence electrons. The number of alkyl halides is 3. The van der Waals surface area contributed by atoms with E-state index >= 15 is 0 Å². The number of nitrogens with two attached hydrogens (primary N) is 1. The number of rotatable bonds is 2. The molecule has 0 heterocycles. The van der Waals surface area contributed by atoms with Crippen molar-refractivity contribution in [3.8, 4) is 0 Å². The second kappa shape index (κ2) is 2.87. The SMILES string of the molecule is C[C@H](N)C(=O)NC1(C(F)(F)F)CC1. The topological polar surface area (TPSA) is 55.1 Å². The molecule has 1 rings (SSSR count). The third-order valence-electron chi connectivity index (χ3n) is 2.07. The van der Waals surface area contributed by atoms with E-state index in [1.54, 1.807) is 0 Å². The molecule has 1 aliphatic carbocycles. The molecular formula is C7H11F3N2O. The summed E-state index contributed by atoms with van der Waals surface area (Å²) in [5.74, 6) is -0.755. The predicted octanol–water partition coefficient (Wildman–Crippen LogP) is 0.545. The number of carbonyl (C=O) groups excluding carboxylic acids is 1. The van der Waals surface area contributed by atoms with Gasteiger partial charge in [0.2, 0.25) is 5.91 Å². The zero-order valence-electron chi connectivity index (χ0n) is 7.11. The molecule has 0 aromatic heterocycles. The first-order chi connectivity index (χ1) is 5.78. The fraction of sp³-hybridized carbons (Fsp3) is 0.857. The van der Waals surface area contributed by atoms with Gasteiger partial charge < -0.3 is 11.1 Å². The van der Waals surface area contributed by atoms with Gasteiger partial charge in [-0.3, -0.25) is 4.79 Å². The van der Waals surface area contributed by atoms with Crippen molar-refractivity contribution in [2.24, 2.45) is 5.73 Å². The molecule has 0 radical (unpaired) electrons. The second-order valence-electron chi connectivity index (χ2n) is 3.36. The lowest BCUT2D eigenvalue weighted by molar-refractivity contribution is -0.170. The third kappa shape index (κ3) is 1.93. The van der Waals surface area contributed by atoms with Gasteiger partial charge in [-0.1, -0.05) is 0 Å². The number of halogens is 3. The summed E-state index contributed by atoms with van der Waals surface area (Å²) in [6, 6.07) is -0.903. The Labute approximate surface area is 73.5 Å². The van der Waals surface area contributed by atoms with Crippen molar-refractivity contribution in [3.63, 3.8) is 0 Å². The minimum Gasteiger partial charge on any atom is -0.341 e.